The summed E-state index contributed by atoms with van der Waals surface area (Å²) < 4.78 is 33.1. The number of methoxy groups -OCH3 is 5. The van der Waals surface area contributed by atoms with Gasteiger partial charge < -0.3 is 38.6 Å². The van der Waals surface area contributed by atoms with E-state index in [4.69, 9.17) is 28.4 Å². The second-order valence-electron chi connectivity index (χ2n) is 10.8. The molecule has 0 radical (unpaired) electrons. The van der Waals surface area contributed by atoms with Crippen LogP contribution in [0.15, 0.2) is 24.3 Å². The zero-order valence-electron chi connectivity index (χ0n) is 23.7. The number of hydrogen-bond donors (Lipinski definition) is 2. The SMILES string of the molecule is COc1cc2c(cc1OC)[C@@H]1C[C@H]3[C@H](C[C@@H](OC(=O)c4cc(OC)c(OC)c(OC)c4)[C@@H](O)[C@H]3CO)CN1CC2. The molecule has 2 N–H and O–H groups in total. The molecular weight excluding hydrogens is 518 g/mol. The van der Waals surface area contributed by atoms with Crippen molar-refractivity contribution in [3.05, 3.63) is 41.0 Å². The van der Waals surface area contributed by atoms with Crippen LogP contribution in [-0.4, -0.2) is 88.5 Å². The summed E-state index contributed by atoms with van der Waals surface area (Å²) in [6, 6.07) is 7.36. The highest BCUT2D eigenvalue weighted by atomic mass is 16.6. The van der Waals surface area contributed by atoms with Crippen molar-refractivity contribution >= 4 is 5.97 Å². The fourth-order valence-corrected chi connectivity index (χ4v) is 6.97. The molecule has 2 fully saturated rings. The fourth-order valence-electron chi connectivity index (χ4n) is 6.97. The second kappa shape index (κ2) is 11.7. The Balaban J connectivity index is 1.36. The van der Waals surface area contributed by atoms with Gasteiger partial charge in [-0.2, -0.15) is 0 Å². The maximum atomic E-state index is 13.2. The molecule has 1 saturated carbocycles. The first-order valence-corrected chi connectivity index (χ1v) is 13.7. The van der Waals surface area contributed by atoms with Crippen LogP contribution in [0.2, 0.25) is 0 Å². The summed E-state index contributed by atoms with van der Waals surface area (Å²) in [6.07, 6.45) is 0.471. The van der Waals surface area contributed by atoms with Crippen LogP contribution in [0.1, 0.15) is 40.4 Å². The van der Waals surface area contributed by atoms with Crippen LogP contribution >= 0.6 is 0 Å². The standard InChI is InChI=1S/C30H39NO9/c1-35-23-8-16-6-7-31-14-18-11-25(40-30(34)17-9-26(37-3)29(39-5)27(10-17)38-4)28(33)21(15-32)19(18)12-22(31)20(16)13-24(23)36-2/h8-10,13,18-19,21-22,25,28,32-33H,6-7,11-12,14-15H2,1-5H3/t18-,19+,21+,22+,25-,28+/m1/s1. The molecule has 1 aliphatic carbocycles. The van der Waals surface area contributed by atoms with E-state index in [1.54, 1.807) is 14.2 Å². The first kappa shape index (κ1) is 28.3. The van der Waals surface area contributed by atoms with Crippen molar-refractivity contribution in [3.8, 4) is 28.7 Å². The minimum absolute atomic E-state index is 0.0800. The molecule has 10 heteroatoms. The van der Waals surface area contributed by atoms with Crippen LogP contribution in [-0.2, 0) is 11.2 Å². The molecule has 2 aromatic carbocycles. The fraction of sp³-hybridized carbons (Fsp3) is 0.567. The summed E-state index contributed by atoms with van der Waals surface area (Å²) in [5.74, 6) is 1.71. The van der Waals surface area contributed by atoms with Crippen molar-refractivity contribution in [1.29, 1.82) is 0 Å². The number of carbonyl (C=O) groups excluding carboxylic acids is 1. The normalized spacial score (nSPS) is 27.5. The van der Waals surface area contributed by atoms with Crippen molar-refractivity contribution in [1.82, 2.24) is 4.90 Å². The van der Waals surface area contributed by atoms with Gasteiger partial charge in [-0.05, 0) is 66.5 Å². The lowest BCUT2D eigenvalue weighted by Crippen LogP contribution is -2.56. The zero-order chi connectivity index (χ0) is 28.6. The number of ether oxygens (including phenoxy) is 6. The van der Waals surface area contributed by atoms with Crippen LogP contribution in [0.3, 0.4) is 0 Å². The predicted molar refractivity (Wildman–Crippen MR) is 146 cm³/mol. The molecule has 40 heavy (non-hydrogen) atoms. The number of aliphatic hydroxyl groups excluding tert-OH is 2. The topological polar surface area (TPSA) is 116 Å². The van der Waals surface area contributed by atoms with Crippen molar-refractivity contribution < 1.29 is 43.4 Å². The number of carbonyl (C=O) groups is 1. The van der Waals surface area contributed by atoms with Gasteiger partial charge in [0.05, 0.1) is 47.2 Å². The van der Waals surface area contributed by atoms with E-state index in [0.717, 1.165) is 31.7 Å². The summed E-state index contributed by atoms with van der Waals surface area (Å²) in [6.45, 7) is 1.51. The Morgan fingerprint density at radius 1 is 0.900 bits per heavy atom. The molecule has 1 saturated heterocycles. The van der Waals surface area contributed by atoms with Gasteiger partial charge in [0, 0.05) is 31.7 Å². The molecule has 218 valence electrons. The summed E-state index contributed by atoms with van der Waals surface area (Å²) in [5, 5.41) is 21.7. The largest absolute Gasteiger partial charge is 0.493 e. The van der Waals surface area contributed by atoms with Gasteiger partial charge in [0.1, 0.15) is 6.10 Å². The Kier molecular flexibility index (Phi) is 8.30. The molecular formula is C30H39NO9. The quantitative estimate of drug-likeness (QED) is 0.470. The molecule has 0 bridgehead atoms. The molecule has 0 aromatic heterocycles. The van der Waals surface area contributed by atoms with E-state index in [2.05, 4.69) is 17.0 Å². The lowest BCUT2D eigenvalue weighted by molar-refractivity contribution is -0.133. The highest BCUT2D eigenvalue weighted by molar-refractivity contribution is 5.91. The molecule has 0 amide bonds. The van der Waals surface area contributed by atoms with E-state index in [1.807, 2.05) is 0 Å². The van der Waals surface area contributed by atoms with Gasteiger partial charge in [-0.25, -0.2) is 4.79 Å². The average molecular weight is 558 g/mol. The van der Waals surface area contributed by atoms with Gasteiger partial charge in [-0.15, -0.1) is 0 Å². The van der Waals surface area contributed by atoms with Crippen molar-refractivity contribution in [2.75, 3.05) is 55.2 Å². The number of fused-ring (bicyclic) bond motifs is 4. The van der Waals surface area contributed by atoms with Gasteiger partial charge in [0.2, 0.25) is 5.75 Å². The average Bonchev–Trinajstić information content (AvgIpc) is 2.98. The maximum absolute atomic E-state index is 13.2. The monoisotopic (exact) mass is 557 g/mol. The molecule has 2 heterocycles. The number of benzene rings is 2. The van der Waals surface area contributed by atoms with E-state index in [1.165, 1.54) is 44.6 Å². The van der Waals surface area contributed by atoms with Crippen molar-refractivity contribution in [2.24, 2.45) is 17.8 Å². The van der Waals surface area contributed by atoms with E-state index >= 15 is 0 Å². The number of piperidine rings is 1. The Morgan fingerprint density at radius 3 is 2.15 bits per heavy atom. The van der Waals surface area contributed by atoms with E-state index in [-0.39, 0.29) is 30.0 Å². The number of nitrogens with zero attached hydrogens (tertiary/aromatic N) is 1. The lowest BCUT2D eigenvalue weighted by atomic mass is 9.63. The smallest absolute Gasteiger partial charge is 0.338 e. The number of hydrogen-bond acceptors (Lipinski definition) is 10. The summed E-state index contributed by atoms with van der Waals surface area (Å²) in [4.78, 5) is 15.7. The van der Waals surface area contributed by atoms with Gasteiger partial charge in [-0.3, -0.25) is 4.90 Å². The van der Waals surface area contributed by atoms with Crippen LogP contribution in [0.4, 0.5) is 0 Å². The van der Waals surface area contributed by atoms with Crippen LogP contribution < -0.4 is 23.7 Å². The minimum atomic E-state index is -0.989. The molecule has 2 aliphatic heterocycles. The first-order chi connectivity index (χ1) is 19.4. The number of rotatable bonds is 8. The predicted octanol–water partition coefficient (Wildman–Crippen LogP) is 2.86. The maximum Gasteiger partial charge on any atom is 0.338 e. The summed E-state index contributed by atoms with van der Waals surface area (Å²) in [5.41, 5.74) is 2.68. The van der Waals surface area contributed by atoms with Crippen LogP contribution in [0, 0.1) is 17.8 Å². The summed E-state index contributed by atoms with van der Waals surface area (Å²) >= 11 is 0. The lowest BCUT2D eigenvalue weighted by Gasteiger charge is -2.53. The Bertz CT molecular complexity index is 1210. The highest BCUT2D eigenvalue weighted by Gasteiger charge is 2.50. The Hall–Kier alpha value is -3.21. The van der Waals surface area contributed by atoms with Crippen LogP contribution in [0.25, 0.3) is 0 Å². The molecule has 6 atom stereocenters. The van der Waals surface area contributed by atoms with Gasteiger partial charge in [-0.1, -0.05) is 0 Å². The Labute approximate surface area is 234 Å². The molecule has 2 aromatic rings. The van der Waals surface area contributed by atoms with Gasteiger partial charge in [0.15, 0.2) is 23.0 Å². The van der Waals surface area contributed by atoms with E-state index in [9.17, 15) is 15.0 Å². The van der Waals surface area contributed by atoms with Gasteiger partial charge in [0.25, 0.3) is 0 Å². The molecule has 5 rings (SSSR count). The first-order valence-electron chi connectivity index (χ1n) is 13.7. The Morgan fingerprint density at radius 2 is 1.55 bits per heavy atom. The van der Waals surface area contributed by atoms with Crippen molar-refractivity contribution in [3.63, 3.8) is 0 Å². The van der Waals surface area contributed by atoms with Crippen molar-refractivity contribution in [2.45, 2.75) is 37.5 Å². The molecule has 10 nitrogen and oxygen atoms in total. The van der Waals surface area contributed by atoms with Gasteiger partial charge >= 0.3 is 5.97 Å². The van der Waals surface area contributed by atoms with E-state index in [0.29, 0.717) is 29.4 Å². The molecule has 3 aliphatic rings. The third kappa shape index (κ3) is 4.93. The zero-order valence-corrected chi connectivity index (χ0v) is 23.7. The van der Waals surface area contributed by atoms with E-state index < -0.39 is 24.1 Å². The minimum Gasteiger partial charge on any atom is -0.493 e. The summed E-state index contributed by atoms with van der Waals surface area (Å²) in [7, 11) is 7.73. The third-order valence-corrected chi connectivity index (χ3v) is 8.96. The number of esters is 1. The number of aliphatic hydroxyl groups is 2. The van der Waals surface area contributed by atoms with Crippen LogP contribution in [0.5, 0.6) is 28.7 Å². The molecule has 0 unspecified atom stereocenters. The third-order valence-electron chi connectivity index (χ3n) is 8.96. The highest BCUT2D eigenvalue weighted by Crippen LogP contribution is 2.50. The molecule has 0 spiro atoms. The second-order valence-corrected chi connectivity index (χ2v) is 10.8.